The van der Waals surface area contributed by atoms with Crippen molar-refractivity contribution in [2.45, 2.75) is 63.9 Å². The van der Waals surface area contributed by atoms with Gasteiger partial charge in [-0.3, -0.25) is 0 Å². The summed E-state index contributed by atoms with van der Waals surface area (Å²) in [5, 5.41) is 5.62. The lowest BCUT2D eigenvalue weighted by molar-refractivity contribution is 0.191. The predicted octanol–water partition coefficient (Wildman–Crippen LogP) is 5.20. The van der Waals surface area contributed by atoms with Crippen LogP contribution in [-0.2, 0) is 15.4 Å². The third kappa shape index (κ3) is 5.10. The number of rotatable bonds is 8. The van der Waals surface area contributed by atoms with Gasteiger partial charge in [-0.25, -0.2) is 18.4 Å². The van der Waals surface area contributed by atoms with Gasteiger partial charge in [0.25, 0.3) is 0 Å². The van der Waals surface area contributed by atoms with Crippen molar-refractivity contribution >= 4 is 32.2 Å². The summed E-state index contributed by atoms with van der Waals surface area (Å²) in [6, 6.07) is 3.49. The van der Waals surface area contributed by atoms with Gasteiger partial charge in [-0.2, -0.15) is 0 Å². The Morgan fingerprint density at radius 3 is 2.55 bits per heavy atom. The van der Waals surface area contributed by atoms with Gasteiger partial charge in [0.1, 0.15) is 5.15 Å². The van der Waals surface area contributed by atoms with E-state index in [-0.39, 0.29) is 6.42 Å². The van der Waals surface area contributed by atoms with E-state index in [0.717, 1.165) is 5.39 Å². The van der Waals surface area contributed by atoms with Crippen molar-refractivity contribution in [2.75, 3.05) is 6.26 Å². The number of fused-ring (bicyclic) bond motifs is 1. The minimum atomic E-state index is -3.27. The van der Waals surface area contributed by atoms with Crippen LogP contribution in [0.4, 0.5) is 0 Å². The smallest absolute Gasteiger partial charge is 0.223 e. The molecule has 0 saturated heterocycles. The summed E-state index contributed by atoms with van der Waals surface area (Å²) >= 11 is 6.05. The molecule has 8 nitrogen and oxygen atoms in total. The van der Waals surface area contributed by atoms with Crippen molar-refractivity contribution in [3.63, 3.8) is 0 Å². The number of ether oxygens (including phenoxy) is 1. The molecule has 0 aliphatic heterocycles. The van der Waals surface area contributed by atoms with Crippen LogP contribution in [0.2, 0.25) is 5.15 Å². The average Bonchev–Trinajstić information content (AvgIpc) is 2.59. The van der Waals surface area contributed by atoms with E-state index in [9.17, 15) is 8.42 Å². The normalized spacial score (nSPS) is 15.4. The number of hydrogen-bond acceptors (Lipinski definition) is 6. The number of hydrogen-bond donors (Lipinski definition) is 0. The molecule has 0 N–H and O–H groups in total. The molecule has 0 amide bonds. The van der Waals surface area contributed by atoms with Gasteiger partial charge in [-0.05, 0) is 57.2 Å². The van der Waals surface area contributed by atoms with Gasteiger partial charge < -0.3 is 4.74 Å². The molecule has 2 aromatic heterocycles. The number of pyridine rings is 2. The molecular formula is C19H26ClN5O3S. The zero-order chi connectivity index (χ0) is 22.0. The first kappa shape index (κ1) is 23.2. The lowest BCUT2D eigenvalue weighted by Gasteiger charge is -2.27. The highest BCUT2D eigenvalue weighted by molar-refractivity contribution is 7.92. The number of sulfone groups is 1. The van der Waals surface area contributed by atoms with Crippen molar-refractivity contribution in [1.29, 1.82) is 0 Å². The molecule has 0 radical (unpaired) electrons. The fourth-order valence-electron chi connectivity index (χ4n) is 2.93. The monoisotopic (exact) mass is 439 g/mol. The van der Waals surface area contributed by atoms with E-state index in [2.05, 4.69) is 20.0 Å². The Bertz CT molecular complexity index is 1070. The lowest BCUT2D eigenvalue weighted by atomic mass is 9.94. The first-order valence-electron chi connectivity index (χ1n) is 9.22. The molecule has 1 unspecified atom stereocenters. The Hall–Kier alpha value is -2.09. The summed E-state index contributed by atoms with van der Waals surface area (Å²) in [5.74, 6) is 0.297. The first-order valence-corrected chi connectivity index (χ1v) is 11.5. The van der Waals surface area contributed by atoms with Gasteiger partial charge in [-0.15, -0.1) is 0 Å². The van der Waals surface area contributed by atoms with Crippen LogP contribution in [0.15, 0.2) is 23.4 Å². The largest absolute Gasteiger partial charge is 0.474 e. The third-order valence-electron chi connectivity index (χ3n) is 5.25. The number of nitrogens with zero attached hydrogens (tertiary/aromatic N) is 5. The molecule has 2 atom stereocenters. The number of aromatic nitrogens is 2. The second-order valence-corrected chi connectivity index (χ2v) is 11.1. The Morgan fingerprint density at radius 1 is 1.34 bits per heavy atom. The summed E-state index contributed by atoms with van der Waals surface area (Å²) in [6.07, 6.45) is 3.15. The lowest BCUT2D eigenvalue weighted by Crippen LogP contribution is -2.36. The van der Waals surface area contributed by atoms with Gasteiger partial charge in [0.15, 0.2) is 9.84 Å². The Morgan fingerprint density at radius 2 is 2.00 bits per heavy atom. The predicted molar refractivity (Wildman–Crippen MR) is 115 cm³/mol. The summed E-state index contributed by atoms with van der Waals surface area (Å²) in [7, 11) is -3.27. The summed E-state index contributed by atoms with van der Waals surface area (Å²) in [6.45, 7) is 8.83. The third-order valence-corrected chi connectivity index (χ3v) is 7.63. The SMILES string of the molecule is CC[C@@](C)(N=[N+]=[N-])c1cc2cc(Cl)ncc2c(OC(C)CC(C)(C)S(C)(=O)=O)n1. The second kappa shape index (κ2) is 8.34. The average molecular weight is 440 g/mol. The standard InChI is InChI=1S/C19H26ClN5O3S/c1-7-19(5,24-25-21)15-8-13-9-16(20)22-11-14(13)17(23-15)28-12(2)10-18(3,4)29(6,26)27/h8-9,11-12H,7,10H2,1-6H3/t12?,19-/m1/s1. The molecule has 0 spiro atoms. The van der Waals surface area contributed by atoms with Gasteiger partial charge in [0.2, 0.25) is 5.88 Å². The molecule has 0 bridgehead atoms. The van der Waals surface area contributed by atoms with Crippen molar-refractivity contribution in [3.05, 3.63) is 39.6 Å². The fourth-order valence-corrected chi connectivity index (χ4v) is 3.64. The van der Waals surface area contributed by atoms with Crippen LogP contribution in [0.25, 0.3) is 21.2 Å². The molecule has 2 aromatic rings. The summed E-state index contributed by atoms with van der Waals surface area (Å²) in [5.41, 5.74) is 8.65. The van der Waals surface area contributed by atoms with E-state index >= 15 is 0 Å². The molecule has 0 fully saturated rings. The Labute approximate surface area is 176 Å². The van der Waals surface area contributed by atoms with E-state index < -0.39 is 26.2 Å². The van der Waals surface area contributed by atoms with Crippen LogP contribution in [-0.4, -0.2) is 35.5 Å². The van der Waals surface area contributed by atoms with Crippen LogP contribution in [0.3, 0.4) is 0 Å². The van der Waals surface area contributed by atoms with Crippen molar-refractivity contribution < 1.29 is 13.2 Å². The molecule has 0 saturated carbocycles. The zero-order valence-corrected chi connectivity index (χ0v) is 19.0. The quantitative estimate of drug-likeness (QED) is 0.242. The van der Waals surface area contributed by atoms with Crippen LogP contribution in [0.5, 0.6) is 5.88 Å². The first-order chi connectivity index (χ1) is 13.3. The zero-order valence-electron chi connectivity index (χ0n) is 17.5. The van der Waals surface area contributed by atoms with E-state index in [1.54, 1.807) is 46.0 Å². The summed E-state index contributed by atoms with van der Waals surface area (Å²) < 4.78 is 29.2. The van der Waals surface area contributed by atoms with Crippen LogP contribution in [0, 0.1) is 0 Å². The summed E-state index contributed by atoms with van der Waals surface area (Å²) in [4.78, 5) is 11.7. The minimum absolute atomic E-state index is 0.279. The van der Waals surface area contributed by atoms with Crippen molar-refractivity contribution in [1.82, 2.24) is 9.97 Å². The van der Waals surface area contributed by atoms with Crippen molar-refractivity contribution in [2.24, 2.45) is 5.11 Å². The molecule has 158 valence electrons. The molecule has 10 heteroatoms. The topological polar surface area (TPSA) is 118 Å². The molecule has 2 rings (SSSR count). The molecule has 0 aliphatic rings. The fraction of sp³-hybridized carbons (Fsp3) is 0.579. The Balaban J connectivity index is 2.55. The van der Waals surface area contributed by atoms with E-state index in [1.807, 2.05) is 6.92 Å². The maximum absolute atomic E-state index is 12.0. The highest BCUT2D eigenvalue weighted by atomic mass is 35.5. The van der Waals surface area contributed by atoms with Gasteiger partial charge >= 0.3 is 0 Å². The van der Waals surface area contributed by atoms with Crippen LogP contribution >= 0.6 is 11.6 Å². The van der Waals surface area contributed by atoms with E-state index in [1.165, 1.54) is 6.26 Å². The van der Waals surface area contributed by atoms with E-state index in [4.69, 9.17) is 21.9 Å². The molecule has 29 heavy (non-hydrogen) atoms. The van der Waals surface area contributed by atoms with Gasteiger partial charge in [0, 0.05) is 23.8 Å². The minimum Gasteiger partial charge on any atom is -0.474 e. The number of azide groups is 1. The highest BCUT2D eigenvalue weighted by Gasteiger charge is 2.33. The Kier molecular flexibility index (Phi) is 6.67. The maximum atomic E-state index is 12.0. The molecular weight excluding hydrogens is 414 g/mol. The molecule has 0 aliphatic carbocycles. The molecule has 0 aromatic carbocycles. The van der Waals surface area contributed by atoms with Gasteiger partial charge in [-0.1, -0.05) is 23.6 Å². The van der Waals surface area contributed by atoms with E-state index in [0.29, 0.717) is 28.5 Å². The number of halogens is 1. The second-order valence-electron chi connectivity index (χ2n) is 8.02. The maximum Gasteiger partial charge on any atom is 0.223 e. The highest BCUT2D eigenvalue weighted by Crippen LogP contribution is 2.35. The van der Waals surface area contributed by atoms with Crippen molar-refractivity contribution in [3.8, 4) is 5.88 Å². The molecule has 2 heterocycles. The van der Waals surface area contributed by atoms with Crippen LogP contribution in [0.1, 0.15) is 53.2 Å². The van der Waals surface area contributed by atoms with Crippen LogP contribution < -0.4 is 4.74 Å². The van der Waals surface area contributed by atoms with Gasteiger partial charge in [0.05, 0.1) is 27.5 Å².